The molecule has 0 N–H and O–H groups in total. The molecular weight excluding hydrogens is 292 g/mol. The second-order valence-electron chi connectivity index (χ2n) is 5.60. The van der Waals surface area contributed by atoms with Crippen molar-refractivity contribution in [2.45, 2.75) is 33.0 Å². The Morgan fingerprint density at radius 1 is 0.818 bits per heavy atom. The van der Waals surface area contributed by atoms with Crippen molar-refractivity contribution in [3.05, 3.63) is 60.2 Å². The van der Waals surface area contributed by atoms with Crippen LogP contribution in [0.4, 0.5) is 0 Å². The van der Waals surface area contributed by atoms with E-state index >= 15 is 0 Å². The molecule has 3 nitrogen and oxygen atoms in total. The van der Waals surface area contributed by atoms with E-state index in [1.54, 1.807) is 0 Å². The highest BCUT2D eigenvalue weighted by Gasteiger charge is 2.23. The molecule has 0 bridgehead atoms. The normalized spacial score (nSPS) is 11.4. The molecule has 0 aliphatic rings. The maximum absolute atomic E-state index is 5.95. The smallest absolute Gasteiger partial charge is 0.332 e. The number of hydrogen-bond donors (Lipinski definition) is 0. The third-order valence-corrected chi connectivity index (χ3v) is 4.88. The molecule has 0 aliphatic heterocycles. The van der Waals surface area contributed by atoms with Crippen molar-refractivity contribution >= 4 is 8.56 Å². The van der Waals surface area contributed by atoms with Gasteiger partial charge in [0.15, 0.2) is 0 Å². The average molecular weight is 316 g/mol. The SMILES string of the molecule is CCCO[Si](C)(C)OCc1ccc(Oc2ccccc2)cc1. The van der Waals surface area contributed by atoms with Gasteiger partial charge < -0.3 is 13.6 Å². The van der Waals surface area contributed by atoms with Crippen LogP contribution in [0, 0.1) is 0 Å². The standard InChI is InChI=1S/C18H24O3Si/c1-4-14-19-22(2,3)20-15-16-10-12-18(13-11-16)21-17-8-6-5-7-9-17/h5-13H,4,14-15H2,1-3H3. The van der Waals surface area contributed by atoms with Gasteiger partial charge in [0.1, 0.15) is 11.5 Å². The van der Waals surface area contributed by atoms with Gasteiger partial charge in [-0.15, -0.1) is 0 Å². The van der Waals surface area contributed by atoms with Gasteiger partial charge in [-0.25, -0.2) is 0 Å². The third kappa shape index (κ3) is 5.64. The summed E-state index contributed by atoms with van der Waals surface area (Å²) in [6.45, 7) is 7.61. The second kappa shape index (κ2) is 8.13. The monoisotopic (exact) mass is 316 g/mol. The highest BCUT2D eigenvalue weighted by molar-refractivity contribution is 6.64. The van der Waals surface area contributed by atoms with E-state index in [0.29, 0.717) is 6.61 Å². The zero-order valence-corrected chi connectivity index (χ0v) is 14.5. The first-order valence-corrected chi connectivity index (χ1v) is 10.5. The van der Waals surface area contributed by atoms with Gasteiger partial charge in [0, 0.05) is 6.61 Å². The van der Waals surface area contributed by atoms with Crippen molar-refractivity contribution < 1.29 is 13.6 Å². The quantitative estimate of drug-likeness (QED) is 0.632. The van der Waals surface area contributed by atoms with Crippen molar-refractivity contribution in [3.63, 3.8) is 0 Å². The molecule has 4 heteroatoms. The van der Waals surface area contributed by atoms with Crippen LogP contribution in [-0.4, -0.2) is 15.2 Å². The topological polar surface area (TPSA) is 27.7 Å². The molecule has 0 unspecified atom stereocenters. The van der Waals surface area contributed by atoms with Gasteiger partial charge >= 0.3 is 8.56 Å². The summed E-state index contributed by atoms with van der Waals surface area (Å²) in [6, 6.07) is 17.8. The number of benzene rings is 2. The summed E-state index contributed by atoms with van der Waals surface area (Å²) in [6.07, 6.45) is 1.02. The molecule has 0 heterocycles. The Kier molecular flexibility index (Phi) is 6.18. The molecular formula is C18H24O3Si. The minimum Gasteiger partial charge on any atom is -0.457 e. The zero-order chi connectivity index (χ0) is 15.8. The first kappa shape index (κ1) is 16.7. The van der Waals surface area contributed by atoms with Crippen molar-refractivity contribution in [1.29, 1.82) is 0 Å². The Balaban J connectivity index is 1.87. The predicted octanol–water partition coefficient (Wildman–Crippen LogP) is 5.12. The zero-order valence-electron chi connectivity index (χ0n) is 13.5. The molecule has 0 aromatic heterocycles. The lowest BCUT2D eigenvalue weighted by molar-refractivity contribution is 0.172. The third-order valence-electron chi connectivity index (χ3n) is 3.14. The highest BCUT2D eigenvalue weighted by atomic mass is 28.4. The van der Waals surface area contributed by atoms with Gasteiger partial charge in [0.05, 0.1) is 6.61 Å². The molecule has 2 aromatic rings. The van der Waals surface area contributed by atoms with Crippen LogP contribution in [0.25, 0.3) is 0 Å². The maximum Gasteiger partial charge on any atom is 0.332 e. The second-order valence-corrected chi connectivity index (χ2v) is 8.97. The van der Waals surface area contributed by atoms with Crippen LogP contribution in [-0.2, 0) is 15.5 Å². The predicted molar refractivity (Wildman–Crippen MR) is 91.5 cm³/mol. The molecule has 0 spiro atoms. The van der Waals surface area contributed by atoms with Gasteiger partial charge in [0.25, 0.3) is 0 Å². The summed E-state index contributed by atoms with van der Waals surface area (Å²) in [5.41, 5.74) is 1.13. The van der Waals surface area contributed by atoms with Crippen LogP contribution in [0.3, 0.4) is 0 Å². The number of hydrogen-bond acceptors (Lipinski definition) is 3. The van der Waals surface area contributed by atoms with Gasteiger partial charge in [-0.1, -0.05) is 37.3 Å². The Morgan fingerprint density at radius 3 is 2.09 bits per heavy atom. The fourth-order valence-corrected chi connectivity index (χ4v) is 3.22. The van der Waals surface area contributed by atoms with E-state index in [2.05, 4.69) is 20.0 Å². The summed E-state index contributed by atoms with van der Waals surface area (Å²) < 4.78 is 17.5. The summed E-state index contributed by atoms with van der Waals surface area (Å²) in [7, 11) is -2.01. The van der Waals surface area contributed by atoms with Crippen LogP contribution in [0.1, 0.15) is 18.9 Å². The molecule has 2 rings (SSSR count). The first-order valence-electron chi connectivity index (χ1n) is 7.69. The molecule has 0 amide bonds. The lowest BCUT2D eigenvalue weighted by atomic mass is 10.2. The molecule has 0 radical (unpaired) electrons. The molecule has 2 aromatic carbocycles. The van der Waals surface area contributed by atoms with Crippen LogP contribution in [0.15, 0.2) is 54.6 Å². The van der Waals surface area contributed by atoms with E-state index in [4.69, 9.17) is 13.6 Å². The largest absolute Gasteiger partial charge is 0.457 e. The Hall–Kier alpha value is -1.62. The fourth-order valence-electron chi connectivity index (χ4n) is 1.92. The van der Waals surface area contributed by atoms with Crippen molar-refractivity contribution in [3.8, 4) is 11.5 Å². The van der Waals surface area contributed by atoms with Gasteiger partial charge in [0.2, 0.25) is 0 Å². The fraction of sp³-hybridized carbons (Fsp3) is 0.333. The first-order chi connectivity index (χ1) is 10.6. The van der Waals surface area contributed by atoms with Crippen molar-refractivity contribution in [2.75, 3.05) is 6.61 Å². The van der Waals surface area contributed by atoms with E-state index in [1.807, 2.05) is 54.6 Å². The van der Waals surface area contributed by atoms with E-state index in [-0.39, 0.29) is 0 Å². The minimum atomic E-state index is -2.01. The van der Waals surface area contributed by atoms with Crippen LogP contribution in [0.2, 0.25) is 13.1 Å². The molecule has 0 saturated carbocycles. The van der Waals surface area contributed by atoms with Crippen LogP contribution < -0.4 is 4.74 Å². The van der Waals surface area contributed by atoms with Crippen LogP contribution in [0.5, 0.6) is 11.5 Å². The average Bonchev–Trinajstić information content (AvgIpc) is 2.53. The minimum absolute atomic E-state index is 0.578. The van der Waals surface area contributed by atoms with Gasteiger partial charge in [-0.3, -0.25) is 0 Å². The van der Waals surface area contributed by atoms with E-state index in [9.17, 15) is 0 Å². The Bertz CT molecular complexity index is 552. The number of para-hydroxylation sites is 1. The molecule has 118 valence electrons. The number of rotatable bonds is 8. The van der Waals surface area contributed by atoms with Crippen LogP contribution >= 0.6 is 0 Å². The molecule has 0 atom stereocenters. The molecule has 0 fully saturated rings. The maximum atomic E-state index is 5.95. The summed E-state index contributed by atoms with van der Waals surface area (Å²) in [5.74, 6) is 1.67. The molecule has 0 aliphatic carbocycles. The molecule has 22 heavy (non-hydrogen) atoms. The Labute approximate surface area is 134 Å². The summed E-state index contributed by atoms with van der Waals surface area (Å²) in [4.78, 5) is 0. The van der Waals surface area contributed by atoms with E-state index in [1.165, 1.54) is 0 Å². The summed E-state index contributed by atoms with van der Waals surface area (Å²) in [5, 5.41) is 0. The molecule has 0 saturated heterocycles. The van der Waals surface area contributed by atoms with E-state index < -0.39 is 8.56 Å². The lowest BCUT2D eigenvalue weighted by Gasteiger charge is -2.22. The van der Waals surface area contributed by atoms with E-state index in [0.717, 1.165) is 30.1 Å². The van der Waals surface area contributed by atoms with Gasteiger partial charge in [-0.2, -0.15) is 0 Å². The highest BCUT2D eigenvalue weighted by Crippen LogP contribution is 2.21. The van der Waals surface area contributed by atoms with Crippen molar-refractivity contribution in [2.24, 2.45) is 0 Å². The number of ether oxygens (including phenoxy) is 1. The van der Waals surface area contributed by atoms with Crippen molar-refractivity contribution in [1.82, 2.24) is 0 Å². The Morgan fingerprint density at radius 2 is 1.45 bits per heavy atom. The lowest BCUT2D eigenvalue weighted by Crippen LogP contribution is -2.34. The van der Waals surface area contributed by atoms with Gasteiger partial charge in [-0.05, 0) is 49.3 Å². The summed E-state index contributed by atoms with van der Waals surface area (Å²) >= 11 is 0.